The van der Waals surface area contributed by atoms with Gasteiger partial charge in [0.2, 0.25) is 5.91 Å². The molecule has 21 heavy (non-hydrogen) atoms. The lowest BCUT2D eigenvalue weighted by molar-refractivity contribution is -0.130. The van der Waals surface area contributed by atoms with E-state index < -0.39 is 0 Å². The second kappa shape index (κ2) is 6.70. The summed E-state index contributed by atoms with van der Waals surface area (Å²) in [5, 5.41) is 2.89. The minimum atomic E-state index is -0.303. The molecule has 1 fully saturated rings. The molecule has 1 heterocycles. The van der Waals surface area contributed by atoms with Crippen LogP contribution in [0.2, 0.25) is 0 Å². The highest BCUT2D eigenvalue weighted by Gasteiger charge is 2.21. The molecule has 2 amide bonds. The maximum Gasteiger partial charge on any atom is 0.251 e. The van der Waals surface area contributed by atoms with Crippen molar-refractivity contribution in [2.45, 2.75) is 26.7 Å². The Morgan fingerprint density at radius 1 is 1.33 bits per heavy atom. The first-order valence-electron chi connectivity index (χ1n) is 7.27. The Kier molecular flexibility index (Phi) is 4.94. The number of hydrogen-bond donors (Lipinski definition) is 1. The third kappa shape index (κ3) is 4.03. The van der Waals surface area contributed by atoms with E-state index in [1.807, 2.05) is 4.90 Å². The number of benzene rings is 1. The maximum absolute atomic E-state index is 13.2. The largest absolute Gasteiger partial charge is 0.352 e. The molecule has 2 rings (SSSR count). The van der Waals surface area contributed by atoms with Crippen LogP contribution in [-0.2, 0) is 4.79 Å². The van der Waals surface area contributed by atoms with Crippen LogP contribution in [0.3, 0.4) is 0 Å². The molecule has 0 spiro atoms. The van der Waals surface area contributed by atoms with Gasteiger partial charge in [0.05, 0.1) is 0 Å². The molecule has 4 nitrogen and oxygen atoms in total. The van der Waals surface area contributed by atoms with E-state index in [1.54, 1.807) is 19.9 Å². The quantitative estimate of drug-likeness (QED) is 0.927. The molecule has 1 N–H and O–H groups in total. The van der Waals surface area contributed by atoms with Gasteiger partial charge in [-0.3, -0.25) is 9.59 Å². The summed E-state index contributed by atoms with van der Waals surface area (Å²) in [5.41, 5.74) is 0.951. The number of nitrogens with zero attached hydrogens (tertiary/aromatic N) is 1. The van der Waals surface area contributed by atoms with Gasteiger partial charge in [0, 0.05) is 32.1 Å². The lowest BCUT2D eigenvalue weighted by Gasteiger charge is -2.31. The van der Waals surface area contributed by atoms with Crippen LogP contribution in [0.4, 0.5) is 4.39 Å². The fourth-order valence-corrected chi connectivity index (χ4v) is 2.58. The van der Waals surface area contributed by atoms with Crippen LogP contribution < -0.4 is 5.32 Å². The number of piperidine rings is 1. The molecule has 1 saturated heterocycles. The van der Waals surface area contributed by atoms with E-state index in [4.69, 9.17) is 0 Å². The van der Waals surface area contributed by atoms with Crippen LogP contribution in [0.25, 0.3) is 0 Å². The van der Waals surface area contributed by atoms with Crippen molar-refractivity contribution in [2.75, 3.05) is 19.6 Å². The van der Waals surface area contributed by atoms with Gasteiger partial charge in [0.25, 0.3) is 5.91 Å². The summed E-state index contributed by atoms with van der Waals surface area (Å²) in [6.07, 6.45) is 1.81. The highest BCUT2D eigenvalue weighted by molar-refractivity contribution is 5.94. The van der Waals surface area contributed by atoms with Gasteiger partial charge in [-0.1, -0.05) is 0 Å². The van der Waals surface area contributed by atoms with Gasteiger partial charge >= 0.3 is 0 Å². The molecule has 0 aliphatic carbocycles. The summed E-state index contributed by atoms with van der Waals surface area (Å²) in [4.78, 5) is 25.1. The fraction of sp³-hybridized carbons (Fsp3) is 0.500. The standard InChI is InChI=1S/C16H21FN2O2/c1-11-9-14(3-4-15(11)17)16(21)18-10-13-5-7-19(8-6-13)12(2)20/h3-4,9,13H,5-8,10H2,1-2H3,(H,18,21). The SMILES string of the molecule is CC(=O)N1CCC(CNC(=O)c2ccc(F)c(C)c2)CC1. The molecule has 0 bridgehead atoms. The molecule has 0 atom stereocenters. The molecular weight excluding hydrogens is 271 g/mol. The molecule has 1 aliphatic rings. The molecule has 0 radical (unpaired) electrons. The lowest BCUT2D eigenvalue weighted by atomic mass is 9.96. The minimum Gasteiger partial charge on any atom is -0.352 e. The number of halogens is 1. The predicted octanol–water partition coefficient (Wildman–Crippen LogP) is 2.12. The molecule has 5 heteroatoms. The first-order chi connectivity index (χ1) is 9.97. The van der Waals surface area contributed by atoms with Gasteiger partial charge in [-0.25, -0.2) is 4.39 Å². The number of amides is 2. The minimum absolute atomic E-state index is 0.110. The van der Waals surface area contributed by atoms with E-state index in [-0.39, 0.29) is 17.6 Å². The lowest BCUT2D eigenvalue weighted by Crippen LogP contribution is -2.40. The van der Waals surface area contributed by atoms with Gasteiger partial charge in [-0.05, 0) is 49.4 Å². The summed E-state index contributed by atoms with van der Waals surface area (Å²) >= 11 is 0. The van der Waals surface area contributed by atoms with Crippen LogP contribution in [0.15, 0.2) is 18.2 Å². The Bertz CT molecular complexity index is 537. The van der Waals surface area contributed by atoms with Gasteiger partial charge in [-0.2, -0.15) is 0 Å². The first kappa shape index (κ1) is 15.5. The number of likely N-dealkylation sites (tertiary alicyclic amines) is 1. The average molecular weight is 292 g/mol. The van der Waals surface area contributed by atoms with Crippen LogP contribution in [0.1, 0.15) is 35.7 Å². The van der Waals surface area contributed by atoms with Crippen molar-refractivity contribution in [1.29, 1.82) is 0 Å². The summed E-state index contributed by atoms with van der Waals surface area (Å²) in [6, 6.07) is 4.37. The van der Waals surface area contributed by atoms with Crippen molar-refractivity contribution in [3.63, 3.8) is 0 Å². The Hall–Kier alpha value is -1.91. The molecule has 0 saturated carbocycles. The van der Waals surface area contributed by atoms with Gasteiger partial charge < -0.3 is 10.2 Å². The van der Waals surface area contributed by atoms with Gasteiger partial charge in [-0.15, -0.1) is 0 Å². The Morgan fingerprint density at radius 3 is 2.57 bits per heavy atom. The molecule has 1 aromatic rings. The van der Waals surface area contributed by atoms with E-state index in [9.17, 15) is 14.0 Å². The maximum atomic E-state index is 13.2. The van der Waals surface area contributed by atoms with E-state index in [2.05, 4.69) is 5.32 Å². The van der Waals surface area contributed by atoms with Crippen LogP contribution >= 0.6 is 0 Å². The van der Waals surface area contributed by atoms with Crippen molar-refractivity contribution in [3.8, 4) is 0 Å². The van der Waals surface area contributed by atoms with E-state index in [0.29, 0.717) is 23.6 Å². The summed E-state index contributed by atoms with van der Waals surface area (Å²) < 4.78 is 13.2. The average Bonchev–Trinajstić information content (AvgIpc) is 2.48. The second-order valence-electron chi connectivity index (χ2n) is 5.62. The van der Waals surface area contributed by atoms with Crippen LogP contribution in [0, 0.1) is 18.7 Å². The zero-order valence-electron chi connectivity index (χ0n) is 12.5. The molecular formula is C16H21FN2O2. The predicted molar refractivity (Wildman–Crippen MR) is 78.4 cm³/mol. The Morgan fingerprint density at radius 2 is 2.00 bits per heavy atom. The highest BCUT2D eigenvalue weighted by atomic mass is 19.1. The van der Waals surface area contributed by atoms with Gasteiger partial charge in [0.15, 0.2) is 0 Å². The number of nitrogens with one attached hydrogen (secondary N) is 1. The Balaban J connectivity index is 1.82. The summed E-state index contributed by atoms with van der Waals surface area (Å²) in [6.45, 7) is 5.33. The normalized spacial score (nSPS) is 15.9. The van der Waals surface area contributed by atoms with Crippen molar-refractivity contribution in [3.05, 3.63) is 35.1 Å². The molecule has 114 valence electrons. The second-order valence-corrected chi connectivity index (χ2v) is 5.62. The van der Waals surface area contributed by atoms with E-state index in [0.717, 1.165) is 25.9 Å². The highest BCUT2D eigenvalue weighted by Crippen LogP contribution is 2.16. The number of aryl methyl sites for hydroxylation is 1. The van der Waals surface area contributed by atoms with Crippen molar-refractivity contribution < 1.29 is 14.0 Å². The monoisotopic (exact) mass is 292 g/mol. The number of carbonyl (C=O) groups excluding carboxylic acids is 2. The summed E-state index contributed by atoms with van der Waals surface area (Å²) in [7, 11) is 0. The van der Waals surface area contributed by atoms with Crippen LogP contribution in [-0.4, -0.2) is 36.3 Å². The third-order valence-electron chi connectivity index (χ3n) is 4.03. The topological polar surface area (TPSA) is 49.4 Å². The summed E-state index contributed by atoms with van der Waals surface area (Å²) in [5.74, 6) is 0.0284. The van der Waals surface area contributed by atoms with Crippen molar-refractivity contribution in [1.82, 2.24) is 10.2 Å². The molecule has 1 aliphatic heterocycles. The smallest absolute Gasteiger partial charge is 0.251 e. The molecule has 0 unspecified atom stereocenters. The van der Waals surface area contributed by atoms with Crippen LogP contribution in [0.5, 0.6) is 0 Å². The zero-order chi connectivity index (χ0) is 15.4. The zero-order valence-corrected chi connectivity index (χ0v) is 12.5. The van der Waals surface area contributed by atoms with E-state index in [1.165, 1.54) is 12.1 Å². The molecule has 1 aromatic carbocycles. The Labute approximate surface area is 124 Å². The number of hydrogen-bond acceptors (Lipinski definition) is 2. The number of rotatable bonds is 3. The fourth-order valence-electron chi connectivity index (χ4n) is 2.58. The van der Waals surface area contributed by atoms with Gasteiger partial charge in [0.1, 0.15) is 5.82 Å². The third-order valence-corrected chi connectivity index (χ3v) is 4.03. The molecule has 0 aromatic heterocycles. The number of carbonyl (C=O) groups is 2. The van der Waals surface area contributed by atoms with Crippen molar-refractivity contribution >= 4 is 11.8 Å². The first-order valence-corrected chi connectivity index (χ1v) is 7.27. The van der Waals surface area contributed by atoms with Crippen molar-refractivity contribution in [2.24, 2.45) is 5.92 Å². The van der Waals surface area contributed by atoms with E-state index >= 15 is 0 Å².